The lowest BCUT2D eigenvalue weighted by Gasteiger charge is -2.27. The number of aryl methyl sites for hydroxylation is 1. The number of nitrogens with zero attached hydrogens (tertiary/aromatic N) is 2. The highest BCUT2D eigenvalue weighted by Crippen LogP contribution is 2.28. The zero-order valence-corrected chi connectivity index (χ0v) is 16.8. The van der Waals surface area contributed by atoms with Crippen LogP contribution in [0.15, 0.2) is 48.5 Å². The number of carbonyl (C=O) groups is 2. The van der Waals surface area contributed by atoms with E-state index in [1.54, 1.807) is 17.0 Å². The Morgan fingerprint density at radius 3 is 2.69 bits per heavy atom. The molecule has 2 amide bonds. The first kappa shape index (κ1) is 19.6. The fourth-order valence-electron chi connectivity index (χ4n) is 4.51. The van der Waals surface area contributed by atoms with Crippen LogP contribution in [0, 0.1) is 18.7 Å². The van der Waals surface area contributed by atoms with E-state index in [9.17, 15) is 14.0 Å². The molecule has 4 rings (SSSR count). The van der Waals surface area contributed by atoms with Gasteiger partial charge in [-0.05, 0) is 49.4 Å². The van der Waals surface area contributed by atoms with E-state index in [1.165, 1.54) is 11.6 Å². The molecule has 2 atom stereocenters. The molecule has 2 aromatic carbocycles. The van der Waals surface area contributed by atoms with Gasteiger partial charge in [0.05, 0.1) is 5.92 Å². The molecule has 2 heterocycles. The predicted molar refractivity (Wildman–Crippen MR) is 110 cm³/mol. The molecule has 4 nitrogen and oxygen atoms in total. The lowest BCUT2D eigenvalue weighted by molar-refractivity contribution is -0.136. The van der Waals surface area contributed by atoms with Crippen LogP contribution < -0.4 is 0 Å². The Morgan fingerprint density at radius 1 is 1.14 bits per heavy atom. The number of halogens is 1. The molecule has 2 unspecified atom stereocenters. The Bertz CT molecular complexity index is 896. The highest BCUT2D eigenvalue weighted by atomic mass is 19.1. The van der Waals surface area contributed by atoms with E-state index in [0.29, 0.717) is 19.5 Å². The van der Waals surface area contributed by atoms with Crippen molar-refractivity contribution in [1.82, 2.24) is 9.80 Å². The smallest absolute Gasteiger partial charge is 0.228 e. The molecule has 0 N–H and O–H groups in total. The van der Waals surface area contributed by atoms with Crippen molar-refractivity contribution in [1.29, 1.82) is 0 Å². The van der Waals surface area contributed by atoms with Crippen LogP contribution in [0.2, 0.25) is 0 Å². The standard InChI is InChI=1S/C24H27FN2O2/c1-17-7-9-18(10-8-17)15-26-16-20(14-23(26)28)24(29)27-11-3-6-22(27)13-19-4-2-5-21(25)12-19/h2,4-5,7-10,12,20,22H,3,6,11,13-16H2,1H3. The number of hydrogen-bond donors (Lipinski definition) is 0. The molecular formula is C24H27FN2O2. The van der Waals surface area contributed by atoms with E-state index in [1.807, 2.05) is 42.2 Å². The molecule has 2 fully saturated rings. The van der Waals surface area contributed by atoms with Crippen molar-refractivity contribution in [3.63, 3.8) is 0 Å². The summed E-state index contributed by atoms with van der Waals surface area (Å²) in [4.78, 5) is 29.4. The Labute approximate surface area is 171 Å². The van der Waals surface area contributed by atoms with Gasteiger partial charge in [0.15, 0.2) is 0 Å². The van der Waals surface area contributed by atoms with Gasteiger partial charge in [-0.1, -0.05) is 42.0 Å². The van der Waals surface area contributed by atoms with Crippen LogP contribution in [0.4, 0.5) is 4.39 Å². The normalized spacial score (nSPS) is 21.8. The summed E-state index contributed by atoms with van der Waals surface area (Å²) in [6.07, 6.45) is 2.83. The van der Waals surface area contributed by atoms with Crippen LogP contribution in [-0.4, -0.2) is 40.7 Å². The average Bonchev–Trinajstić information content (AvgIpc) is 3.30. The van der Waals surface area contributed by atoms with E-state index < -0.39 is 0 Å². The van der Waals surface area contributed by atoms with Gasteiger partial charge in [-0.25, -0.2) is 4.39 Å². The summed E-state index contributed by atoms with van der Waals surface area (Å²) in [6.45, 7) is 3.79. The van der Waals surface area contributed by atoms with Crippen LogP contribution in [0.3, 0.4) is 0 Å². The summed E-state index contributed by atoms with van der Waals surface area (Å²) < 4.78 is 13.5. The second kappa shape index (κ2) is 8.36. The molecule has 2 aliphatic heterocycles. The zero-order chi connectivity index (χ0) is 20.4. The summed E-state index contributed by atoms with van der Waals surface area (Å²) in [5.74, 6) is -0.402. The minimum Gasteiger partial charge on any atom is -0.339 e. The molecule has 0 radical (unpaired) electrons. The minimum absolute atomic E-state index is 0.0461. The molecular weight excluding hydrogens is 367 g/mol. The molecule has 2 aromatic rings. The van der Waals surface area contributed by atoms with E-state index >= 15 is 0 Å². The van der Waals surface area contributed by atoms with Crippen molar-refractivity contribution in [3.8, 4) is 0 Å². The van der Waals surface area contributed by atoms with Gasteiger partial charge in [0.25, 0.3) is 0 Å². The van der Waals surface area contributed by atoms with E-state index in [-0.39, 0.29) is 36.0 Å². The first-order valence-electron chi connectivity index (χ1n) is 10.4. The molecule has 152 valence electrons. The van der Waals surface area contributed by atoms with Crippen LogP contribution in [-0.2, 0) is 22.6 Å². The van der Waals surface area contributed by atoms with Crippen LogP contribution in [0.25, 0.3) is 0 Å². The minimum atomic E-state index is -0.277. The second-order valence-electron chi connectivity index (χ2n) is 8.32. The summed E-state index contributed by atoms with van der Waals surface area (Å²) in [5, 5.41) is 0. The summed E-state index contributed by atoms with van der Waals surface area (Å²) >= 11 is 0. The van der Waals surface area contributed by atoms with Crippen molar-refractivity contribution in [2.24, 2.45) is 5.92 Å². The Kier molecular flexibility index (Phi) is 5.65. The van der Waals surface area contributed by atoms with Crippen LogP contribution in [0.5, 0.6) is 0 Å². The molecule has 2 aliphatic rings. The van der Waals surface area contributed by atoms with Crippen molar-refractivity contribution < 1.29 is 14.0 Å². The topological polar surface area (TPSA) is 40.6 Å². The lowest BCUT2D eigenvalue weighted by Crippen LogP contribution is -2.41. The molecule has 0 aromatic heterocycles. The predicted octanol–water partition coefficient (Wildman–Crippen LogP) is 3.72. The monoisotopic (exact) mass is 394 g/mol. The molecule has 5 heteroatoms. The van der Waals surface area contributed by atoms with Crippen molar-refractivity contribution >= 4 is 11.8 Å². The Hall–Kier alpha value is -2.69. The Morgan fingerprint density at radius 2 is 1.93 bits per heavy atom. The van der Waals surface area contributed by atoms with Crippen LogP contribution >= 0.6 is 0 Å². The molecule has 0 saturated carbocycles. The van der Waals surface area contributed by atoms with Gasteiger partial charge < -0.3 is 9.80 Å². The number of likely N-dealkylation sites (tertiary alicyclic amines) is 2. The third-order valence-corrected chi connectivity index (χ3v) is 6.08. The summed E-state index contributed by atoms with van der Waals surface area (Å²) in [7, 11) is 0. The zero-order valence-electron chi connectivity index (χ0n) is 16.8. The maximum atomic E-state index is 13.5. The molecule has 29 heavy (non-hydrogen) atoms. The van der Waals surface area contributed by atoms with Crippen molar-refractivity contribution in [3.05, 3.63) is 71.0 Å². The number of amides is 2. The van der Waals surface area contributed by atoms with Gasteiger partial charge in [0, 0.05) is 32.1 Å². The van der Waals surface area contributed by atoms with Crippen molar-refractivity contribution in [2.75, 3.05) is 13.1 Å². The number of benzene rings is 2. The Balaban J connectivity index is 1.39. The molecule has 0 aliphatic carbocycles. The highest BCUT2D eigenvalue weighted by Gasteiger charge is 2.39. The quantitative estimate of drug-likeness (QED) is 0.776. The van der Waals surface area contributed by atoms with E-state index in [4.69, 9.17) is 0 Å². The fraction of sp³-hybridized carbons (Fsp3) is 0.417. The van der Waals surface area contributed by atoms with Gasteiger partial charge in [0.2, 0.25) is 11.8 Å². The van der Waals surface area contributed by atoms with Gasteiger partial charge in [-0.3, -0.25) is 9.59 Å². The van der Waals surface area contributed by atoms with Gasteiger partial charge in [0.1, 0.15) is 5.82 Å². The maximum absolute atomic E-state index is 13.5. The lowest BCUT2D eigenvalue weighted by atomic mass is 10.0. The SMILES string of the molecule is Cc1ccc(CN2CC(C(=O)N3CCCC3Cc3cccc(F)c3)CC2=O)cc1. The highest BCUT2D eigenvalue weighted by molar-refractivity contribution is 5.89. The number of hydrogen-bond acceptors (Lipinski definition) is 2. The third-order valence-electron chi connectivity index (χ3n) is 6.08. The molecule has 0 spiro atoms. The van der Waals surface area contributed by atoms with Gasteiger partial charge in [-0.15, -0.1) is 0 Å². The van der Waals surface area contributed by atoms with Crippen LogP contribution in [0.1, 0.15) is 36.0 Å². The number of rotatable bonds is 5. The van der Waals surface area contributed by atoms with Crippen molar-refractivity contribution in [2.45, 2.75) is 45.2 Å². The van der Waals surface area contributed by atoms with Gasteiger partial charge >= 0.3 is 0 Å². The maximum Gasteiger partial charge on any atom is 0.228 e. The first-order chi connectivity index (χ1) is 14.0. The summed E-state index contributed by atoms with van der Waals surface area (Å²) in [6, 6.07) is 14.8. The summed E-state index contributed by atoms with van der Waals surface area (Å²) in [5.41, 5.74) is 3.19. The second-order valence-corrected chi connectivity index (χ2v) is 8.32. The fourth-order valence-corrected chi connectivity index (χ4v) is 4.51. The largest absolute Gasteiger partial charge is 0.339 e. The van der Waals surface area contributed by atoms with E-state index in [0.717, 1.165) is 30.5 Å². The van der Waals surface area contributed by atoms with Gasteiger partial charge in [-0.2, -0.15) is 0 Å². The molecule has 2 saturated heterocycles. The first-order valence-corrected chi connectivity index (χ1v) is 10.4. The third kappa shape index (κ3) is 4.50. The average molecular weight is 394 g/mol. The number of carbonyl (C=O) groups excluding carboxylic acids is 2. The van der Waals surface area contributed by atoms with E-state index in [2.05, 4.69) is 0 Å². The molecule has 0 bridgehead atoms.